The van der Waals surface area contributed by atoms with E-state index in [1.165, 1.54) is 18.2 Å². The van der Waals surface area contributed by atoms with Gasteiger partial charge < -0.3 is 4.74 Å². The zero-order valence-electron chi connectivity index (χ0n) is 8.64. The van der Waals surface area contributed by atoms with E-state index in [1.807, 2.05) is 0 Å². The summed E-state index contributed by atoms with van der Waals surface area (Å²) in [5, 5.41) is 7.29. The summed E-state index contributed by atoms with van der Waals surface area (Å²) in [6.07, 6.45) is -0.724. The lowest BCUT2D eigenvalue weighted by Gasteiger charge is -2.08. The topological polar surface area (TPSA) is 98.5 Å². The summed E-state index contributed by atoms with van der Waals surface area (Å²) >= 11 is 0. The van der Waals surface area contributed by atoms with Crippen LogP contribution in [0.2, 0.25) is 0 Å². The Labute approximate surface area is 93.5 Å². The number of benzene rings is 1. The number of ether oxygens (including phenoxy) is 1. The van der Waals surface area contributed by atoms with Crippen LogP contribution in [0.3, 0.4) is 0 Å². The summed E-state index contributed by atoms with van der Waals surface area (Å²) in [7, 11) is -3.86. The van der Waals surface area contributed by atoms with Gasteiger partial charge >= 0.3 is 6.09 Å². The molecule has 0 bridgehead atoms. The van der Waals surface area contributed by atoms with Gasteiger partial charge in [-0.05, 0) is 19.1 Å². The third-order valence-electron chi connectivity index (χ3n) is 1.71. The lowest BCUT2D eigenvalue weighted by Crippen LogP contribution is -2.18. The number of carbonyl (C=O) groups excluding carboxylic acids is 1. The van der Waals surface area contributed by atoms with Gasteiger partial charge in [0.1, 0.15) is 4.90 Å². The van der Waals surface area contributed by atoms with E-state index in [9.17, 15) is 13.2 Å². The summed E-state index contributed by atoms with van der Waals surface area (Å²) in [5.41, 5.74) is 0.100. The number of nitrogens with one attached hydrogen (secondary N) is 1. The highest BCUT2D eigenvalue weighted by molar-refractivity contribution is 7.89. The molecular formula is C9H12N2O4S. The molecule has 16 heavy (non-hydrogen) atoms. The van der Waals surface area contributed by atoms with Crippen molar-refractivity contribution in [2.45, 2.75) is 11.8 Å². The molecule has 1 rings (SSSR count). The molecule has 3 N–H and O–H groups in total. The van der Waals surface area contributed by atoms with Crippen molar-refractivity contribution >= 4 is 21.8 Å². The molecule has 0 fully saturated rings. The van der Waals surface area contributed by atoms with Gasteiger partial charge in [-0.3, -0.25) is 5.32 Å². The van der Waals surface area contributed by atoms with Crippen molar-refractivity contribution in [1.29, 1.82) is 0 Å². The van der Waals surface area contributed by atoms with Gasteiger partial charge in [0.15, 0.2) is 0 Å². The van der Waals surface area contributed by atoms with E-state index < -0.39 is 16.1 Å². The summed E-state index contributed by atoms with van der Waals surface area (Å²) < 4.78 is 27.0. The van der Waals surface area contributed by atoms with Crippen LogP contribution in [-0.2, 0) is 14.8 Å². The van der Waals surface area contributed by atoms with Crippen molar-refractivity contribution in [3.05, 3.63) is 24.3 Å². The minimum Gasteiger partial charge on any atom is -0.450 e. The minimum absolute atomic E-state index is 0.100. The molecule has 0 aliphatic carbocycles. The lowest BCUT2D eigenvalue weighted by atomic mass is 10.3. The molecule has 0 saturated heterocycles. The molecule has 1 amide bonds. The predicted octanol–water partition coefficient (Wildman–Crippen LogP) is 0.902. The highest BCUT2D eigenvalue weighted by Crippen LogP contribution is 2.19. The zero-order valence-corrected chi connectivity index (χ0v) is 9.45. The summed E-state index contributed by atoms with van der Waals surface area (Å²) in [5.74, 6) is 0. The first-order valence-corrected chi connectivity index (χ1v) is 6.05. The summed E-state index contributed by atoms with van der Waals surface area (Å²) in [6.45, 7) is 1.84. The fourth-order valence-electron chi connectivity index (χ4n) is 1.10. The minimum atomic E-state index is -3.86. The number of amides is 1. The molecule has 0 radical (unpaired) electrons. The summed E-state index contributed by atoms with van der Waals surface area (Å²) in [6, 6.07) is 5.82. The molecule has 6 nitrogen and oxygen atoms in total. The van der Waals surface area contributed by atoms with E-state index >= 15 is 0 Å². The van der Waals surface area contributed by atoms with Crippen LogP contribution in [0.5, 0.6) is 0 Å². The van der Waals surface area contributed by atoms with Crippen LogP contribution in [0.1, 0.15) is 6.92 Å². The Balaban J connectivity index is 3.01. The van der Waals surface area contributed by atoms with Gasteiger partial charge in [-0.2, -0.15) is 0 Å². The molecule has 0 heterocycles. The normalized spacial score (nSPS) is 10.9. The number of sulfonamides is 1. The first-order valence-electron chi connectivity index (χ1n) is 4.50. The molecule has 0 spiro atoms. The van der Waals surface area contributed by atoms with E-state index in [1.54, 1.807) is 13.0 Å². The monoisotopic (exact) mass is 244 g/mol. The van der Waals surface area contributed by atoms with E-state index in [0.717, 1.165) is 0 Å². The van der Waals surface area contributed by atoms with Crippen molar-refractivity contribution in [3.63, 3.8) is 0 Å². The number of primary sulfonamides is 1. The number of para-hydroxylation sites is 1. The van der Waals surface area contributed by atoms with Gasteiger partial charge in [0.25, 0.3) is 0 Å². The molecule has 0 aliphatic heterocycles. The third kappa shape index (κ3) is 3.21. The fraction of sp³-hybridized carbons (Fsp3) is 0.222. The van der Waals surface area contributed by atoms with Crippen molar-refractivity contribution < 1.29 is 17.9 Å². The van der Waals surface area contributed by atoms with Crippen molar-refractivity contribution in [2.24, 2.45) is 5.14 Å². The van der Waals surface area contributed by atoms with Gasteiger partial charge in [-0.1, -0.05) is 12.1 Å². The average Bonchev–Trinajstić information content (AvgIpc) is 2.17. The maximum atomic E-state index is 11.2. The second-order valence-corrected chi connectivity index (χ2v) is 4.42. The highest BCUT2D eigenvalue weighted by Gasteiger charge is 2.14. The molecule has 7 heteroatoms. The SMILES string of the molecule is CCOC(=O)Nc1ccccc1S(N)(=O)=O. The van der Waals surface area contributed by atoms with E-state index in [2.05, 4.69) is 10.1 Å². The Hall–Kier alpha value is -1.60. The molecule has 0 unspecified atom stereocenters. The molecule has 0 aliphatic rings. The van der Waals surface area contributed by atoms with Crippen LogP contribution in [0.15, 0.2) is 29.2 Å². The molecule has 88 valence electrons. The van der Waals surface area contributed by atoms with Crippen LogP contribution in [0.25, 0.3) is 0 Å². The van der Waals surface area contributed by atoms with Gasteiger partial charge in [-0.25, -0.2) is 18.4 Å². The van der Waals surface area contributed by atoms with Crippen LogP contribution in [0, 0.1) is 0 Å². The molecule has 1 aromatic carbocycles. The highest BCUT2D eigenvalue weighted by atomic mass is 32.2. The van der Waals surface area contributed by atoms with E-state index in [0.29, 0.717) is 0 Å². The van der Waals surface area contributed by atoms with Crippen LogP contribution < -0.4 is 10.5 Å². The molecule has 0 aromatic heterocycles. The first-order chi connectivity index (χ1) is 7.45. The van der Waals surface area contributed by atoms with Crippen molar-refractivity contribution in [2.75, 3.05) is 11.9 Å². The number of hydrogen-bond donors (Lipinski definition) is 2. The number of carbonyl (C=O) groups is 1. The Morgan fingerprint density at radius 1 is 1.44 bits per heavy atom. The standard InChI is InChI=1S/C9H12N2O4S/c1-2-15-9(12)11-7-5-3-4-6-8(7)16(10,13)14/h3-6H,2H2,1H3,(H,11,12)(H2,10,13,14). The Morgan fingerprint density at radius 2 is 2.06 bits per heavy atom. The Bertz CT molecular complexity index is 484. The van der Waals surface area contributed by atoms with E-state index in [-0.39, 0.29) is 17.2 Å². The smallest absolute Gasteiger partial charge is 0.411 e. The van der Waals surface area contributed by atoms with Crippen LogP contribution in [0.4, 0.5) is 10.5 Å². The molecule has 0 saturated carbocycles. The van der Waals surface area contributed by atoms with Crippen molar-refractivity contribution in [1.82, 2.24) is 0 Å². The van der Waals surface area contributed by atoms with Crippen LogP contribution >= 0.6 is 0 Å². The number of nitrogens with two attached hydrogens (primary N) is 1. The van der Waals surface area contributed by atoms with Gasteiger partial charge in [0.05, 0.1) is 12.3 Å². The predicted molar refractivity (Wildman–Crippen MR) is 58.5 cm³/mol. The van der Waals surface area contributed by atoms with Gasteiger partial charge in [0, 0.05) is 0 Å². The first kappa shape index (κ1) is 12.5. The third-order valence-corrected chi connectivity index (χ3v) is 2.67. The average molecular weight is 244 g/mol. The molecule has 0 atom stereocenters. The van der Waals surface area contributed by atoms with Crippen LogP contribution in [-0.4, -0.2) is 21.1 Å². The van der Waals surface area contributed by atoms with E-state index in [4.69, 9.17) is 5.14 Å². The second kappa shape index (κ2) is 4.95. The Morgan fingerprint density at radius 3 is 2.62 bits per heavy atom. The Kier molecular flexibility index (Phi) is 3.86. The number of rotatable bonds is 3. The molecule has 1 aromatic rings. The quantitative estimate of drug-likeness (QED) is 0.825. The maximum absolute atomic E-state index is 11.2. The summed E-state index contributed by atoms with van der Waals surface area (Å²) in [4.78, 5) is 11.0. The largest absolute Gasteiger partial charge is 0.450 e. The maximum Gasteiger partial charge on any atom is 0.411 e. The number of hydrogen-bond acceptors (Lipinski definition) is 4. The molecular weight excluding hydrogens is 232 g/mol. The van der Waals surface area contributed by atoms with Crippen molar-refractivity contribution in [3.8, 4) is 0 Å². The van der Waals surface area contributed by atoms with Gasteiger partial charge in [0.2, 0.25) is 10.0 Å². The second-order valence-electron chi connectivity index (χ2n) is 2.89. The zero-order chi connectivity index (χ0) is 12.2. The number of anilines is 1. The van der Waals surface area contributed by atoms with Gasteiger partial charge in [-0.15, -0.1) is 0 Å². The lowest BCUT2D eigenvalue weighted by molar-refractivity contribution is 0.168. The fourth-order valence-corrected chi connectivity index (χ4v) is 1.79.